The van der Waals surface area contributed by atoms with Crippen LogP contribution in [0.2, 0.25) is 0 Å². The van der Waals surface area contributed by atoms with Crippen LogP contribution in [-0.2, 0) is 12.4 Å². The fourth-order valence-corrected chi connectivity index (χ4v) is 5.93. The zero-order valence-electron chi connectivity index (χ0n) is 28.3. The molecule has 0 amide bonds. The first-order valence-corrected chi connectivity index (χ1v) is 15.7. The molecule has 24 heteroatoms. The van der Waals surface area contributed by atoms with Crippen LogP contribution in [0.15, 0.2) is 91.0 Å². The molecule has 0 fully saturated rings. The molecule has 0 saturated heterocycles. The van der Waals surface area contributed by atoms with Gasteiger partial charge in [0.15, 0.2) is 0 Å². The first kappa shape index (κ1) is 45.9. The quantitative estimate of drug-likeness (QED) is 0.106. The molecule has 326 valence electrons. The fourth-order valence-electron chi connectivity index (χ4n) is 5.93. The van der Waals surface area contributed by atoms with Gasteiger partial charge in [0.2, 0.25) is 0 Å². The number of fused-ring (bicyclic) bond motifs is 2. The molecule has 0 radical (unpaired) electrons. The Morgan fingerprint density at radius 3 is 1.03 bits per heavy atom. The Morgan fingerprint density at radius 1 is 0.317 bits per heavy atom. The van der Waals surface area contributed by atoms with Crippen molar-refractivity contribution in [3.63, 3.8) is 0 Å². The van der Waals surface area contributed by atoms with Crippen molar-refractivity contribution < 1.29 is 106 Å². The van der Waals surface area contributed by atoms with Gasteiger partial charge in [0.05, 0.1) is 11.1 Å². The topological polar surface area (TPSA) is 9.23 Å². The maximum atomic E-state index is 15.7. The van der Waals surface area contributed by atoms with E-state index in [-0.39, 0.29) is 39.6 Å². The normalized spacial score (nSPS) is 15.4. The molecule has 0 bridgehead atoms. The summed E-state index contributed by atoms with van der Waals surface area (Å²) < 4.78 is 322. The summed E-state index contributed by atoms with van der Waals surface area (Å²) in [6.45, 7) is 0. The van der Waals surface area contributed by atoms with E-state index in [1.54, 1.807) is 0 Å². The van der Waals surface area contributed by atoms with Crippen molar-refractivity contribution >= 4 is 21.5 Å². The average molecular weight is 900 g/mol. The average Bonchev–Trinajstić information content (AvgIpc) is 3.11. The molecular weight excluding hydrogens is 885 g/mol. The molecular formula is C36H15F23O. The number of hydrogen-bond acceptors (Lipinski definition) is 1. The molecule has 1 nitrogen and oxygen atoms in total. The highest BCUT2D eigenvalue weighted by Gasteiger charge is 2.96. The van der Waals surface area contributed by atoms with Crippen LogP contribution >= 0.6 is 0 Å². The molecule has 0 N–H and O–H groups in total. The minimum Gasteiger partial charge on any atom is -0.446 e. The van der Waals surface area contributed by atoms with Gasteiger partial charge in [-0.1, -0.05) is 54.6 Å². The molecule has 0 spiro atoms. The van der Waals surface area contributed by atoms with Gasteiger partial charge < -0.3 is 4.74 Å². The highest BCUT2D eigenvalue weighted by molar-refractivity contribution is 6.21. The van der Waals surface area contributed by atoms with E-state index in [9.17, 15) is 87.8 Å². The summed E-state index contributed by atoms with van der Waals surface area (Å²) in [6, 6.07) is 10.5. The predicted octanol–water partition coefficient (Wildman–Crippen LogP) is 14.7. The number of rotatable bonds is 9. The van der Waals surface area contributed by atoms with Gasteiger partial charge in [0, 0.05) is 0 Å². The Balaban J connectivity index is 1.81. The van der Waals surface area contributed by atoms with Crippen LogP contribution in [0.3, 0.4) is 0 Å². The molecule has 0 saturated carbocycles. The molecule has 0 aliphatic rings. The third-order valence-corrected chi connectivity index (χ3v) is 8.96. The number of hydrogen-bond donors (Lipinski definition) is 0. The smallest absolute Gasteiger partial charge is 0.446 e. The van der Waals surface area contributed by atoms with E-state index >= 15 is 13.2 Å². The second-order valence-corrected chi connectivity index (χ2v) is 12.7. The zero-order chi connectivity index (χ0) is 45.7. The van der Waals surface area contributed by atoms with E-state index in [0.29, 0.717) is 30.3 Å². The Morgan fingerprint density at radius 2 is 0.667 bits per heavy atom. The molecule has 0 aromatic heterocycles. The maximum absolute atomic E-state index is 15.7. The Labute approximate surface area is 317 Å². The second-order valence-electron chi connectivity index (χ2n) is 12.7. The third kappa shape index (κ3) is 6.95. The van der Waals surface area contributed by atoms with Crippen molar-refractivity contribution in [1.29, 1.82) is 0 Å². The lowest BCUT2D eigenvalue weighted by molar-refractivity contribution is -0.473. The first-order valence-electron chi connectivity index (χ1n) is 15.7. The van der Waals surface area contributed by atoms with Gasteiger partial charge in [-0.05, 0) is 80.2 Å². The van der Waals surface area contributed by atoms with Crippen LogP contribution in [-0.4, -0.2) is 47.8 Å². The minimum absolute atomic E-state index is 0.0000641. The standard InChI is InChI=1S/C36H15F23O/c37-27(38,39)18-9-5-16(6-10-18)25-21-3-1-2-4-22(21)26(17-7-11-19(12-8-17)28(40,41)42)24-15-20(13-14-23(24)25)60-34(53,36(57,58)59)32(49,50)30(45,46)29(43,44)31(47,48)33(51,52)35(54,55)56/h1-15H. The molecule has 60 heavy (non-hydrogen) atoms. The van der Waals surface area contributed by atoms with E-state index in [4.69, 9.17) is 0 Å². The monoisotopic (exact) mass is 900 g/mol. The fraction of sp³-hybridized carbons (Fsp3) is 0.278. The SMILES string of the molecule is FC(F)(F)c1ccc(-c2c3ccccc3c(-c3ccc(C(F)(F)F)cc3)c3cc(OC(F)(C(F)(F)F)C(F)(F)C(F)(F)C(F)(F)C(F)(F)C(F)(F)C(F)(F)F)ccc23)cc1. The third-order valence-electron chi connectivity index (χ3n) is 8.96. The van der Waals surface area contributed by atoms with Gasteiger partial charge in [-0.25, -0.2) is 0 Å². The van der Waals surface area contributed by atoms with Gasteiger partial charge in [-0.15, -0.1) is 0 Å². The molecule has 0 aliphatic heterocycles. The molecule has 5 aromatic rings. The van der Waals surface area contributed by atoms with Gasteiger partial charge in [-0.2, -0.15) is 101 Å². The Bertz CT molecular complexity index is 2390. The Kier molecular flexibility index (Phi) is 10.6. The largest absolute Gasteiger partial charge is 0.467 e. The van der Waals surface area contributed by atoms with E-state index in [0.717, 1.165) is 30.3 Å². The van der Waals surface area contributed by atoms with Crippen molar-refractivity contribution in [2.24, 2.45) is 0 Å². The number of alkyl halides is 23. The van der Waals surface area contributed by atoms with Gasteiger partial charge >= 0.3 is 60.2 Å². The van der Waals surface area contributed by atoms with Crippen molar-refractivity contribution in [3.8, 4) is 28.0 Å². The summed E-state index contributed by atoms with van der Waals surface area (Å²) in [7, 11) is 0. The van der Waals surface area contributed by atoms with E-state index in [2.05, 4.69) is 4.74 Å². The van der Waals surface area contributed by atoms with Gasteiger partial charge in [0.25, 0.3) is 0 Å². The Hall–Kier alpha value is -5.19. The molecule has 5 rings (SSSR count). The van der Waals surface area contributed by atoms with Crippen LogP contribution in [0.4, 0.5) is 101 Å². The molecule has 0 heterocycles. The lowest BCUT2D eigenvalue weighted by Crippen LogP contribution is -2.76. The van der Waals surface area contributed by atoms with Gasteiger partial charge in [-0.3, -0.25) is 0 Å². The van der Waals surface area contributed by atoms with Crippen molar-refractivity contribution in [3.05, 3.63) is 102 Å². The molecule has 1 atom stereocenters. The van der Waals surface area contributed by atoms with Crippen LogP contribution in [0, 0.1) is 0 Å². The van der Waals surface area contributed by atoms with E-state index < -0.39 is 93.4 Å². The van der Waals surface area contributed by atoms with Crippen LogP contribution in [0.25, 0.3) is 43.8 Å². The summed E-state index contributed by atoms with van der Waals surface area (Å²) in [6.07, 6.45) is -25.7. The molecule has 0 aliphatic carbocycles. The minimum atomic E-state index is -8.87. The van der Waals surface area contributed by atoms with Crippen LogP contribution in [0.5, 0.6) is 5.75 Å². The lowest BCUT2D eigenvalue weighted by atomic mass is 9.85. The van der Waals surface area contributed by atoms with Crippen molar-refractivity contribution in [1.82, 2.24) is 0 Å². The lowest BCUT2D eigenvalue weighted by Gasteiger charge is -2.43. The highest BCUT2D eigenvalue weighted by atomic mass is 19.4. The van der Waals surface area contributed by atoms with Gasteiger partial charge in [0.1, 0.15) is 5.75 Å². The number of benzene rings is 5. The summed E-state index contributed by atoms with van der Waals surface area (Å²) >= 11 is 0. The number of ether oxygens (including phenoxy) is 1. The molecule has 5 aromatic carbocycles. The highest BCUT2D eigenvalue weighted by Crippen LogP contribution is 2.64. The second kappa shape index (κ2) is 13.9. The van der Waals surface area contributed by atoms with E-state index in [1.165, 1.54) is 18.2 Å². The summed E-state index contributed by atoms with van der Waals surface area (Å²) in [5.74, 6) is -53.2. The molecule has 1 unspecified atom stereocenters. The van der Waals surface area contributed by atoms with Crippen LogP contribution in [0.1, 0.15) is 11.1 Å². The van der Waals surface area contributed by atoms with Crippen molar-refractivity contribution in [2.75, 3.05) is 0 Å². The maximum Gasteiger partial charge on any atom is 0.467 e. The first-order chi connectivity index (χ1) is 27.0. The predicted molar refractivity (Wildman–Crippen MR) is 164 cm³/mol. The summed E-state index contributed by atoms with van der Waals surface area (Å²) in [5, 5.41) is -1.34. The summed E-state index contributed by atoms with van der Waals surface area (Å²) in [5.41, 5.74) is -3.72. The summed E-state index contributed by atoms with van der Waals surface area (Å²) in [4.78, 5) is 0. The van der Waals surface area contributed by atoms with Crippen molar-refractivity contribution in [2.45, 2.75) is 60.2 Å². The number of halogens is 23. The van der Waals surface area contributed by atoms with E-state index in [1.807, 2.05) is 0 Å². The zero-order valence-corrected chi connectivity index (χ0v) is 28.3. The van der Waals surface area contributed by atoms with Crippen LogP contribution < -0.4 is 4.74 Å².